The molecule has 2 unspecified atom stereocenters. The Balaban J connectivity index is 1.51. The zero-order valence-electron chi connectivity index (χ0n) is 14.4. The quantitative estimate of drug-likeness (QED) is 0.656. The molecule has 0 radical (unpaired) electrons. The van der Waals surface area contributed by atoms with E-state index in [1.807, 2.05) is 12.1 Å². The minimum absolute atomic E-state index is 0.0646. The summed E-state index contributed by atoms with van der Waals surface area (Å²) in [5, 5.41) is 3.74. The van der Waals surface area contributed by atoms with Gasteiger partial charge in [-0.1, -0.05) is 12.1 Å². The third-order valence-corrected chi connectivity index (χ3v) is 5.47. The lowest BCUT2D eigenvalue weighted by molar-refractivity contribution is 0.0946. The van der Waals surface area contributed by atoms with Crippen LogP contribution in [0.5, 0.6) is 0 Å². The zero-order chi connectivity index (χ0) is 18.8. The second kappa shape index (κ2) is 7.59. The largest absolute Gasteiger partial charge is 0.768 e. The Labute approximate surface area is 158 Å². The third-order valence-electron chi connectivity index (χ3n) is 4.74. The number of pyridine rings is 1. The molecule has 0 bridgehead atoms. The number of fused-ring (bicyclic) bond motifs is 1. The molecule has 140 valence electrons. The maximum absolute atomic E-state index is 12.4. The lowest BCUT2D eigenvalue weighted by Gasteiger charge is -2.17. The van der Waals surface area contributed by atoms with Gasteiger partial charge in [-0.15, -0.1) is 0 Å². The van der Waals surface area contributed by atoms with E-state index in [9.17, 15) is 13.6 Å². The summed E-state index contributed by atoms with van der Waals surface area (Å²) in [7, 11) is 0. The standard InChI is InChI=1S/C19H19N3O4S/c23-19(17-8-14-10-20-5-3-16(14)22-17)21-9-12-1-2-18(27(24)25)15(7-12)13-4-6-26-11-13/h1-3,5,7-8,10,13,22H,4,6,9,11H2,(H,21,23)(H,24,25)/p-1. The van der Waals surface area contributed by atoms with Gasteiger partial charge in [0.2, 0.25) is 0 Å². The second-order valence-electron chi connectivity index (χ2n) is 6.50. The Morgan fingerprint density at radius 3 is 3.00 bits per heavy atom. The van der Waals surface area contributed by atoms with Crippen LogP contribution < -0.4 is 5.32 Å². The molecule has 3 aromatic rings. The fourth-order valence-electron chi connectivity index (χ4n) is 3.33. The van der Waals surface area contributed by atoms with Gasteiger partial charge in [-0.25, -0.2) is 0 Å². The van der Waals surface area contributed by atoms with E-state index in [-0.39, 0.29) is 11.8 Å². The average Bonchev–Trinajstić information content (AvgIpc) is 3.35. The highest BCUT2D eigenvalue weighted by Gasteiger charge is 2.21. The van der Waals surface area contributed by atoms with E-state index in [1.54, 1.807) is 30.6 Å². The van der Waals surface area contributed by atoms with Crippen LogP contribution in [-0.2, 0) is 22.4 Å². The van der Waals surface area contributed by atoms with Crippen molar-refractivity contribution in [1.29, 1.82) is 0 Å². The molecule has 0 spiro atoms. The van der Waals surface area contributed by atoms with Crippen molar-refractivity contribution < 1.29 is 18.3 Å². The first-order valence-electron chi connectivity index (χ1n) is 8.62. The predicted molar refractivity (Wildman–Crippen MR) is 99.1 cm³/mol. The van der Waals surface area contributed by atoms with Crippen LogP contribution in [0, 0.1) is 0 Å². The Kier molecular flexibility index (Phi) is 5.02. The molecule has 1 saturated heterocycles. The Hall–Kier alpha value is -2.55. The summed E-state index contributed by atoms with van der Waals surface area (Å²) >= 11 is -2.30. The highest BCUT2D eigenvalue weighted by molar-refractivity contribution is 7.79. The van der Waals surface area contributed by atoms with E-state index in [4.69, 9.17) is 4.74 Å². The van der Waals surface area contributed by atoms with Crippen LogP contribution in [0.4, 0.5) is 0 Å². The van der Waals surface area contributed by atoms with Crippen molar-refractivity contribution in [3.63, 3.8) is 0 Å². The van der Waals surface area contributed by atoms with Crippen molar-refractivity contribution >= 4 is 27.9 Å². The number of nitrogens with one attached hydrogen (secondary N) is 2. The molecule has 1 aliphatic heterocycles. The molecule has 27 heavy (non-hydrogen) atoms. The van der Waals surface area contributed by atoms with Gasteiger partial charge in [-0.3, -0.25) is 14.0 Å². The monoisotopic (exact) mass is 384 g/mol. The van der Waals surface area contributed by atoms with Gasteiger partial charge in [0.15, 0.2) is 0 Å². The van der Waals surface area contributed by atoms with Gasteiger partial charge in [0.05, 0.1) is 6.61 Å². The Morgan fingerprint density at radius 2 is 2.26 bits per heavy atom. The van der Waals surface area contributed by atoms with E-state index in [0.29, 0.717) is 30.3 Å². The van der Waals surface area contributed by atoms with Crippen LogP contribution >= 0.6 is 0 Å². The highest BCUT2D eigenvalue weighted by Crippen LogP contribution is 2.30. The first kappa shape index (κ1) is 17.8. The molecule has 1 aliphatic rings. The van der Waals surface area contributed by atoms with Crippen LogP contribution in [0.25, 0.3) is 10.9 Å². The summed E-state index contributed by atoms with van der Waals surface area (Å²) in [5.74, 6) is -0.164. The fraction of sp³-hybridized carbons (Fsp3) is 0.263. The first-order chi connectivity index (χ1) is 13.1. The van der Waals surface area contributed by atoms with E-state index in [1.165, 1.54) is 0 Å². The van der Waals surface area contributed by atoms with E-state index in [0.717, 1.165) is 28.5 Å². The molecule has 7 nitrogen and oxygen atoms in total. The molecule has 0 aliphatic carbocycles. The summed E-state index contributed by atoms with van der Waals surface area (Å²) in [6.45, 7) is 1.45. The average molecular weight is 384 g/mol. The van der Waals surface area contributed by atoms with Gasteiger partial charge in [0.1, 0.15) is 5.69 Å². The molecular formula is C19H18N3O4S-. The number of benzene rings is 1. The molecule has 4 rings (SSSR count). The second-order valence-corrected chi connectivity index (χ2v) is 7.41. The van der Waals surface area contributed by atoms with Crippen molar-refractivity contribution in [2.75, 3.05) is 13.2 Å². The maximum atomic E-state index is 12.4. The topological polar surface area (TPSA) is 107 Å². The van der Waals surface area contributed by atoms with Crippen molar-refractivity contribution in [3.05, 3.63) is 59.5 Å². The maximum Gasteiger partial charge on any atom is 0.267 e. The van der Waals surface area contributed by atoms with Crippen molar-refractivity contribution in [3.8, 4) is 0 Å². The molecule has 0 saturated carbocycles. The normalized spacial score (nSPS) is 17.9. The Morgan fingerprint density at radius 1 is 1.37 bits per heavy atom. The molecule has 2 atom stereocenters. The van der Waals surface area contributed by atoms with Crippen LogP contribution in [0.2, 0.25) is 0 Å². The molecule has 2 aromatic heterocycles. The predicted octanol–water partition coefficient (Wildman–Crippen LogP) is 2.23. The Bertz CT molecular complexity index is 978. The first-order valence-corrected chi connectivity index (χ1v) is 9.70. The summed E-state index contributed by atoms with van der Waals surface area (Å²) in [6, 6.07) is 8.72. The van der Waals surface area contributed by atoms with Crippen molar-refractivity contribution in [1.82, 2.24) is 15.3 Å². The summed E-state index contributed by atoms with van der Waals surface area (Å²) in [4.78, 5) is 19.8. The van der Waals surface area contributed by atoms with Crippen LogP contribution in [0.3, 0.4) is 0 Å². The molecule has 8 heteroatoms. The molecule has 1 amide bonds. The molecule has 1 aromatic carbocycles. The van der Waals surface area contributed by atoms with Gasteiger partial charge in [0, 0.05) is 47.3 Å². The van der Waals surface area contributed by atoms with Gasteiger partial charge >= 0.3 is 0 Å². The minimum Gasteiger partial charge on any atom is -0.768 e. The number of carbonyl (C=O) groups excluding carboxylic acids is 1. The molecule has 2 N–H and O–H groups in total. The number of hydrogen-bond donors (Lipinski definition) is 2. The van der Waals surface area contributed by atoms with Gasteiger partial charge in [0.25, 0.3) is 5.91 Å². The number of nitrogens with zero attached hydrogens (tertiary/aromatic N) is 1. The van der Waals surface area contributed by atoms with Crippen LogP contribution in [0.15, 0.2) is 47.6 Å². The lowest BCUT2D eigenvalue weighted by atomic mass is 9.96. The van der Waals surface area contributed by atoms with Gasteiger partial charge in [-0.05, 0) is 46.8 Å². The van der Waals surface area contributed by atoms with E-state index >= 15 is 0 Å². The SMILES string of the molecule is O=C(NCc1ccc(S(=O)[O-])c(C2CCOC2)c1)c1cc2cnccc2[nH]1. The molecular weight excluding hydrogens is 366 g/mol. The zero-order valence-corrected chi connectivity index (χ0v) is 15.3. The van der Waals surface area contributed by atoms with Gasteiger partial charge < -0.3 is 19.6 Å². The number of amides is 1. The summed E-state index contributed by atoms with van der Waals surface area (Å²) in [6.07, 6.45) is 4.15. The van der Waals surface area contributed by atoms with Crippen molar-refractivity contribution in [2.24, 2.45) is 0 Å². The summed E-state index contributed by atoms with van der Waals surface area (Å²) < 4.78 is 28.4. The van der Waals surface area contributed by atoms with Gasteiger partial charge in [-0.2, -0.15) is 0 Å². The number of aromatic nitrogens is 2. The fourth-order valence-corrected chi connectivity index (χ4v) is 3.93. The van der Waals surface area contributed by atoms with Crippen LogP contribution in [-0.4, -0.2) is 37.9 Å². The highest BCUT2D eigenvalue weighted by atomic mass is 32.2. The number of aromatic amines is 1. The van der Waals surface area contributed by atoms with Crippen LogP contribution in [0.1, 0.15) is 34.0 Å². The smallest absolute Gasteiger partial charge is 0.267 e. The summed E-state index contributed by atoms with van der Waals surface area (Å²) in [5.41, 5.74) is 2.90. The number of hydrogen-bond acceptors (Lipinski definition) is 5. The lowest BCUT2D eigenvalue weighted by Crippen LogP contribution is -2.23. The number of rotatable bonds is 5. The molecule has 3 heterocycles. The van der Waals surface area contributed by atoms with Crippen molar-refractivity contribution in [2.45, 2.75) is 23.8 Å². The minimum atomic E-state index is -2.30. The molecule has 1 fully saturated rings. The van der Waals surface area contributed by atoms with E-state index < -0.39 is 11.1 Å². The third kappa shape index (κ3) is 3.78. The number of ether oxygens (including phenoxy) is 1. The number of H-pyrrole nitrogens is 1. The van der Waals surface area contributed by atoms with E-state index in [2.05, 4.69) is 15.3 Å². The number of carbonyl (C=O) groups is 1.